The first-order valence-electron chi connectivity index (χ1n) is 12.3. The minimum Gasteiger partial charge on any atom is -0.493 e. The second-order valence-electron chi connectivity index (χ2n) is 8.54. The van der Waals surface area contributed by atoms with Crippen molar-refractivity contribution < 1.29 is 33.3 Å². The van der Waals surface area contributed by atoms with Gasteiger partial charge in [0.1, 0.15) is 15.6 Å². The van der Waals surface area contributed by atoms with Gasteiger partial charge in [-0.05, 0) is 67.1 Å². The molecule has 1 aliphatic carbocycles. The van der Waals surface area contributed by atoms with Gasteiger partial charge in [0.2, 0.25) is 0 Å². The standard InChI is InChI=1S/C28H31NO7S/c1-4-34-26(30)16-19-7-6-18-14-21(9-10-22(18)19)35-12-5-13-36-23-11-8-20(15-24(23)32-2)27-29-17-25(37-27)28(31)33-3/h8-11,14-15,17,19H,4-7,12-13,16H2,1-3H3/t19-/m0/s1. The van der Waals surface area contributed by atoms with Crippen molar-refractivity contribution in [3.63, 3.8) is 0 Å². The molecule has 0 bridgehead atoms. The van der Waals surface area contributed by atoms with Gasteiger partial charge in [-0.1, -0.05) is 6.07 Å². The molecular formula is C28H31NO7S. The average molecular weight is 526 g/mol. The molecule has 196 valence electrons. The predicted molar refractivity (Wildman–Crippen MR) is 140 cm³/mol. The Balaban J connectivity index is 1.26. The molecule has 1 aliphatic rings. The van der Waals surface area contributed by atoms with Gasteiger partial charge in [0, 0.05) is 12.0 Å². The predicted octanol–water partition coefficient (Wildman–Crippen LogP) is 5.44. The van der Waals surface area contributed by atoms with Gasteiger partial charge in [-0.3, -0.25) is 4.79 Å². The summed E-state index contributed by atoms with van der Waals surface area (Å²) in [5.74, 6) is 1.72. The SMILES string of the molecule is CCOC(=O)C[C@@H]1CCc2cc(OCCCOc3ccc(-c4ncc(C(=O)OC)s4)cc3OC)ccc21. The lowest BCUT2D eigenvalue weighted by molar-refractivity contribution is -0.143. The highest BCUT2D eigenvalue weighted by Crippen LogP contribution is 2.38. The fourth-order valence-electron chi connectivity index (χ4n) is 4.36. The Morgan fingerprint density at radius 2 is 1.89 bits per heavy atom. The number of hydrogen-bond donors (Lipinski definition) is 0. The largest absolute Gasteiger partial charge is 0.493 e. The minimum absolute atomic E-state index is 0.136. The van der Waals surface area contributed by atoms with Crippen molar-refractivity contribution in [3.05, 3.63) is 58.6 Å². The van der Waals surface area contributed by atoms with E-state index < -0.39 is 5.97 Å². The Hall–Kier alpha value is -3.59. The minimum atomic E-state index is -0.407. The zero-order valence-electron chi connectivity index (χ0n) is 21.3. The quantitative estimate of drug-likeness (QED) is 0.228. The zero-order valence-corrected chi connectivity index (χ0v) is 22.1. The van der Waals surface area contributed by atoms with E-state index in [2.05, 4.69) is 17.1 Å². The number of carbonyl (C=O) groups is 2. The van der Waals surface area contributed by atoms with Crippen molar-refractivity contribution in [2.45, 2.75) is 38.5 Å². The fraction of sp³-hybridized carbons (Fsp3) is 0.393. The van der Waals surface area contributed by atoms with Crippen LogP contribution in [0.25, 0.3) is 10.6 Å². The molecule has 8 nitrogen and oxygen atoms in total. The van der Waals surface area contributed by atoms with E-state index in [1.165, 1.54) is 35.8 Å². The summed E-state index contributed by atoms with van der Waals surface area (Å²) in [5, 5.41) is 0.695. The summed E-state index contributed by atoms with van der Waals surface area (Å²) in [6.07, 6.45) is 4.54. The molecule has 0 unspecified atom stereocenters. The number of benzene rings is 2. The van der Waals surface area contributed by atoms with E-state index in [0.717, 1.165) is 24.2 Å². The van der Waals surface area contributed by atoms with Crippen molar-refractivity contribution in [2.24, 2.45) is 0 Å². The van der Waals surface area contributed by atoms with E-state index in [1.54, 1.807) is 7.11 Å². The third kappa shape index (κ3) is 6.60. The van der Waals surface area contributed by atoms with Crippen molar-refractivity contribution in [3.8, 4) is 27.8 Å². The maximum atomic E-state index is 11.9. The van der Waals surface area contributed by atoms with Crippen molar-refractivity contribution in [1.29, 1.82) is 0 Å². The van der Waals surface area contributed by atoms with Crippen molar-refractivity contribution in [2.75, 3.05) is 34.0 Å². The van der Waals surface area contributed by atoms with E-state index >= 15 is 0 Å². The Morgan fingerprint density at radius 3 is 2.68 bits per heavy atom. The van der Waals surface area contributed by atoms with Crippen LogP contribution >= 0.6 is 11.3 Å². The molecule has 1 atom stereocenters. The maximum Gasteiger partial charge on any atom is 0.349 e. The van der Waals surface area contributed by atoms with Gasteiger partial charge in [-0.25, -0.2) is 9.78 Å². The first-order valence-corrected chi connectivity index (χ1v) is 13.1. The molecule has 4 rings (SSSR count). The van der Waals surface area contributed by atoms with Crippen LogP contribution in [0.5, 0.6) is 17.2 Å². The molecule has 0 saturated carbocycles. The number of rotatable bonds is 12. The van der Waals surface area contributed by atoms with Crippen LogP contribution in [-0.2, 0) is 20.7 Å². The van der Waals surface area contributed by atoms with Crippen molar-refractivity contribution >= 4 is 23.3 Å². The lowest BCUT2D eigenvalue weighted by atomic mass is 9.98. The highest BCUT2D eigenvalue weighted by Gasteiger charge is 2.25. The zero-order chi connectivity index (χ0) is 26.2. The Bertz CT molecular complexity index is 1240. The Labute approximate surface area is 220 Å². The van der Waals surface area contributed by atoms with Crippen LogP contribution < -0.4 is 14.2 Å². The van der Waals surface area contributed by atoms with Crippen LogP contribution in [0.3, 0.4) is 0 Å². The van der Waals surface area contributed by atoms with E-state index in [0.29, 0.717) is 54.0 Å². The number of nitrogens with zero attached hydrogens (tertiary/aromatic N) is 1. The van der Waals surface area contributed by atoms with Crippen LogP contribution in [0.4, 0.5) is 0 Å². The molecular weight excluding hydrogens is 494 g/mol. The maximum absolute atomic E-state index is 11.9. The second kappa shape index (κ2) is 12.6. The monoisotopic (exact) mass is 525 g/mol. The lowest BCUT2D eigenvalue weighted by Gasteiger charge is -2.13. The molecule has 37 heavy (non-hydrogen) atoms. The molecule has 1 aromatic heterocycles. The summed E-state index contributed by atoms with van der Waals surface area (Å²) in [6.45, 7) is 3.22. The van der Waals surface area contributed by atoms with Gasteiger partial charge in [0.05, 0.1) is 46.7 Å². The summed E-state index contributed by atoms with van der Waals surface area (Å²) in [7, 11) is 2.93. The van der Waals surface area contributed by atoms with Gasteiger partial charge in [-0.15, -0.1) is 11.3 Å². The van der Waals surface area contributed by atoms with Crippen LogP contribution in [0, 0.1) is 0 Å². The Morgan fingerprint density at radius 1 is 1.05 bits per heavy atom. The highest BCUT2D eigenvalue weighted by molar-refractivity contribution is 7.16. The number of carbonyl (C=O) groups excluding carboxylic acids is 2. The number of fused-ring (bicyclic) bond motifs is 1. The normalized spacial score (nSPS) is 14.1. The van der Waals surface area contributed by atoms with Crippen LogP contribution in [-0.4, -0.2) is 51.0 Å². The average Bonchev–Trinajstić information content (AvgIpc) is 3.56. The van der Waals surface area contributed by atoms with Gasteiger partial charge in [-0.2, -0.15) is 0 Å². The molecule has 9 heteroatoms. The number of aryl methyl sites for hydroxylation is 1. The molecule has 0 amide bonds. The van der Waals surface area contributed by atoms with Crippen LogP contribution in [0.2, 0.25) is 0 Å². The first-order chi connectivity index (χ1) is 18.0. The molecule has 3 aromatic rings. The number of hydrogen-bond acceptors (Lipinski definition) is 9. The number of aromatic nitrogens is 1. The van der Waals surface area contributed by atoms with E-state index in [9.17, 15) is 9.59 Å². The summed E-state index contributed by atoms with van der Waals surface area (Å²) < 4.78 is 27.2. The molecule has 2 aromatic carbocycles. The molecule has 0 spiro atoms. The van der Waals surface area contributed by atoms with Gasteiger partial charge in [0.25, 0.3) is 0 Å². The van der Waals surface area contributed by atoms with Gasteiger partial charge >= 0.3 is 11.9 Å². The Kier molecular flexibility index (Phi) is 9.00. The smallest absolute Gasteiger partial charge is 0.349 e. The molecule has 0 fully saturated rings. The van der Waals surface area contributed by atoms with Crippen LogP contribution in [0.15, 0.2) is 42.6 Å². The molecule has 0 radical (unpaired) electrons. The fourth-order valence-corrected chi connectivity index (χ4v) is 5.19. The number of thiazole rings is 1. The van der Waals surface area contributed by atoms with Gasteiger partial charge in [0.15, 0.2) is 11.5 Å². The van der Waals surface area contributed by atoms with E-state index in [-0.39, 0.29) is 11.9 Å². The van der Waals surface area contributed by atoms with E-state index in [4.69, 9.17) is 23.7 Å². The number of ether oxygens (including phenoxy) is 5. The lowest BCUT2D eigenvalue weighted by Crippen LogP contribution is -2.08. The summed E-state index contributed by atoms with van der Waals surface area (Å²) in [6, 6.07) is 11.7. The van der Waals surface area contributed by atoms with Crippen molar-refractivity contribution in [1.82, 2.24) is 4.98 Å². The summed E-state index contributed by atoms with van der Waals surface area (Å²) in [5.41, 5.74) is 3.29. The number of esters is 2. The summed E-state index contributed by atoms with van der Waals surface area (Å²) >= 11 is 1.26. The molecule has 1 heterocycles. The second-order valence-corrected chi connectivity index (χ2v) is 9.57. The van der Waals surface area contributed by atoms with Gasteiger partial charge < -0.3 is 23.7 Å². The highest BCUT2D eigenvalue weighted by atomic mass is 32.1. The topological polar surface area (TPSA) is 93.2 Å². The molecule has 0 saturated heterocycles. The third-order valence-electron chi connectivity index (χ3n) is 6.15. The summed E-state index contributed by atoms with van der Waals surface area (Å²) in [4.78, 5) is 28.3. The molecule has 0 aliphatic heterocycles. The van der Waals surface area contributed by atoms with Crippen LogP contribution in [0.1, 0.15) is 52.9 Å². The first kappa shape index (κ1) is 26.5. The third-order valence-corrected chi connectivity index (χ3v) is 7.18. The molecule has 0 N–H and O–H groups in total. The number of methoxy groups -OCH3 is 2. The van der Waals surface area contributed by atoms with E-state index in [1.807, 2.05) is 31.2 Å².